The normalized spacial score (nSPS) is 10.0. The maximum absolute atomic E-state index is 8.63. The number of rotatable bonds is 0. The van der Waals surface area contributed by atoms with Crippen LogP contribution in [0.2, 0.25) is 0 Å². The van der Waals surface area contributed by atoms with E-state index >= 15 is 0 Å². The van der Waals surface area contributed by atoms with Gasteiger partial charge in [0.25, 0.3) is 0 Å². The Bertz CT molecular complexity index is 462. The number of hydrogen-bond donors (Lipinski definition) is 0. The second kappa shape index (κ2) is 2.35. The number of nitrogens with zero attached hydrogens (tertiary/aromatic N) is 3. The van der Waals surface area contributed by atoms with Gasteiger partial charge in [-0.2, -0.15) is 10.4 Å². The van der Waals surface area contributed by atoms with Crippen LogP contribution in [0.3, 0.4) is 0 Å². The van der Waals surface area contributed by atoms with E-state index in [4.69, 9.17) is 5.26 Å². The second-order valence-corrected chi connectivity index (χ2v) is 2.65. The molecule has 0 spiro atoms. The Morgan fingerprint density at radius 2 is 2.33 bits per heavy atom. The number of nitriles is 1. The second-order valence-electron chi connectivity index (χ2n) is 2.65. The molecule has 0 unspecified atom stereocenters. The summed E-state index contributed by atoms with van der Waals surface area (Å²) in [6.45, 7) is 0. The molecule has 0 fully saturated rings. The minimum Gasteiger partial charge on any atom is -0.268 e. The summed E-state index contributed by atoms with van der Waals surface area (Å²) in [5.41, 5.74) is 1.73. The van der Waals surface area contributed by atoms with Crippen LogP contribution in [0.1, 0.15) is 5.56 Å². The molecule has 3 nitrogen and oxygen atoms in total. The van der Waals surface area contributed by atoms with Crippen LogP contribution in [0.25, 0.3) is 10.9 Å². The fourth-order valence-corrected chi connectivity index (χ4v) is 1.23. The molecule has 3 heteroatoms. The fourth-order valence-electron chi connectivity index (χ4n) is 1.23. The summed E-state index contributed by atoms with van der Waals surface area (Å²) in [5, 5.41) is 13.7. The average Bonchev–Trinajstić information content (AvgIpc) is 2.47. The lowest BCUT2D eigenvalue weighted by molar-refractivity contribution is 0.797. The van der Waals surface area contributed by atoms with E-state index in [1.807, 2.05) is 19.2 Å². The molecular formula is C9H7N3. The first-order chi connectivity index (χ1) is 5.81. The summed E-state index contributed by atoms with van der Waals surface area (Å²) in [6.07, 6.45) is 1.76. The van der Waals surface area contributed by atoms with E-state index in [0.29, 0.717) is 5.56 Å². The molecule has 0 amide bonds. The highest BCUT2D eigenvalue weighted by Gasteiger charge is 1.98. The number of aromatic nitrogens is 2. The van der Waals surface area contributed by atoms with Crippen molar-refractivity contribution in [1.82, 2.24) is 9.78 Å². The Hall–Kier alpha value is -1.82. The van der Waals surface area contributed by atoms with Gasteiger partial charge in [0.2, 0.25) is 0 Å². The first kappa shape index (κ1) is 6.86. The maximum Gasteiger partial charge on any atom is 0.0991 e. The van der Waals surface area contributed by atoms with Gasteiger partial charge in [0.15, 0.2) is 0 Å². The number of aryl methyl sites for hydroxylation is 1. The summed E-state index contributed by atoms with van der Waals surface area (Å²) in [6, 6.07) is 7.63. The lowest BCUT2D eigenvalue weighted by Gasteiger charge is -1.92. The van der Waals surface area contributed by atoms with Crippen molar-refractivity contribution in [2.24, 2.45) is 7.05 Å². The van der Waals surface area contributed by atoms with Crippen molar-refractivity contribution in [2.75, 3.05) is 0 Å². The van der Waals surface area contributed by atoms with Gasteiger partial charge in [-0.3, -0.25) is 4.68 Å². The Morgan fingerprint density at radius 1 is 1.50 bits per heavy atom. The molecule has 1 aromatic heterocycles. The van der Waals surface area contributed by atoms with Gasteiger partial charge in [-0.15, -0.1) is 0 Å². The quantitative estimate of drug-likeness (QED) is 0.580. The molecule has 0 aliphatic rings. The highest BCUT2D eigenvalue weighted by molar-refractivity contribution is 5.79. The van der Waals surface area contributed by atoms with E-state index in [-0.39, 0.29) is 0 Å². The van der Waals surface area contributed by atoms with E-state index in [2.05, 4.69) is 11.2 Å². The summed E-state index contributed by atoms with van der Waals surface area (Å²) in [7, 11) is 1.88. The summed E-state index contributed by atoms with van der Waals surface area (Å²) >= 11 is 0. The minimum absolute atomic E-state index is 0.676. The van der Waals surface area contributed by atoms with E-state index in [9.17, 15) is 0 Å². The number of benzene rings is 1. The van der Waals surface area contributed by atoms with Crippen molar-refractivity contribution >= 4 is 10.9 Å². The topological polar surface area (TPSA) is 41.6 Å². The van der Waals surface area contributed by atoms with Crippen molar-refractivity contribution in [3.8, 4) is 6.07 Å². The van der Waals surface area contributed by atoms with Crippen molar-refractivity contribution in [3.63, 3.8) is 0 Å². The molecule has 2 rings (SSSR count). The van der Waals surface area contributed by atoms with E-state index in [1.165, 1.54) is 0 Å². The Kier molecular flexibility index (Phi) is 1.34. The fraction of sp³-hybridized carbons (Fsp3) is 0.111. The highest BCUT2D eigenvalue weighted by Crippen LogP contribution is 2.13. The first-order valence-corrected chi connectivity index (χ1v) is 3.63. The van der Waals surface area contributed by atoms with Gasteiger partial charge in [-0.1, -0.05) is 0 Å². The molecule has 0 radical (unpaired) electrons. The van der Waals surface area contributed by atoms with Crippen LogP contribution in [-0.4, -0.2) is 9.78 Å². The van der Waals surface area contributed by atoms with E-state index in [1.54, 1.807) is 16.9 Å². The predicted molar refractivity (Wildman–Crippen MR) is 45.4 cm³/mol. The summed E-state index contributed by atoms with van der Waals surface area (Å²) < 4.78 is 1.79. The van der Waals surface area contributed by atoms with Crippen LogP contribution < -0.4 is 0 Å². The molecule has 58 valence electrons. The first-order valence-electron chi connectivity index (χ1n) is 3.63. The Morgan fingerprint density at radius 3 is 3.08 bits per heavy atom. The lowest BCUT2D eigenvalue weighted by Crippen LogP contribution is -1.87. The van der Waals surface area contributed by atoms with E-state index in [0.717, 1.165) is 10.9 Å². The molecule has 0 saturated heterocycles. The Balaban J connectivity index is 2.80. The van der Waals surface area contributed by atoms with Gasteiger partial charge in [0.1, 0.15) is 0 Å². The highest BCUT2D eigenvalue weighted by atomic mass is 15.2. The molecule has 0 saturated carbocycles. The van der Waals surface area contributed by atoms with E-state index < -0.39 is 0 Å². The van der Waals surface area contributed by atoms with Gasteiger partial charge < -0.3 is 0 Å². The van der Waals surface area contributed by atoms with Crippen LogP contribution in [0.4, 0.5) is 0 Å². The summed E-state index contributed by atoms with van der Waals surface area (Å²) in [4.78, 5) is 0. The van der Waals surface area contributed by atoms with Crippen LogP contribution in [0.5, 0.6) is 0 Å². The van der Waals surface area contributed by atoms with Gasteiger partial charge in [-0.25, -0.2) is 0 Å². The molecular weight excluding hydrogens is 150 g/mol. The smallest absolute Gasteiger partial charge is 0.0991 e. The zero-order chi connectivity index (χ0) is 8.55. The molecule has 0 atom stereocenters. The van der Waals surface area contributed by atoms with Gasteiger partial charge in [0, 0.05) is 12.4 Å². The Labute approximate surface area is 69.8 Å². The standard InChI is InChI=1S/C9H7N3/c1-12-9-3-2-7(5-10)4-8(9)6-11-12/h2-4,6H,1H3. The van der Waals surface area contributed by atoms with Crippen molar-refractivity contribution in [2.45, 2.75) is 0 Å². The molecule has 0 N–H and O–H groups in total. The van der Waals surface area contributed by atoms with Gasteiger partial charge >= 0.3 is 0 Å². The third kappa shape index (κ3) is 0.857. The maximum atomic E-state index is 8.63. The molecule has 0 bridgehead atoms. The monoisotopic (exact) mass is 157 g/mol. The number of hydrogen-bond acceptors (Lipinski definition) is 2. The largest absolute Gasteiger partial charge is 0.268 e. The zero-order valence-corrected chi connectivity index (χ0v) is 6.65. The third-order valence-electron chi connectivity index (χ3n) is 1.88. The molecule has 12 heavy (non-hydrogen) atoms. The van der Waals surface area contributed by atoms with Crippen molar-refractivity contribution in [3.05, 3.63) is 30.0 Å². The average molecular weight is 157 g/mol. The van der Waals surface area contributed by atoms with Crippen LogP contribution >= 0.6 is 0 Å². The SMILES string of the molecule is Cn1ncc2cc(C#N)ccc21. The third-order valence-corrected chi connectivity index (χ3v) is 1.88. The minimum atomic E-state index is 0.676. The van der Waals surface area contributed by atoms with Crippen LogP contribution in [-0.2, 0) is 7.05 Å². The van der Waals surface area contributed by atoms with Crippen molar-refractivity contribution < 1.29 is 0 Å². The molecule has 1 heterocycles. The van der Waals surface area contributed by atoms with Crippen molar-refractivity contribution in [1.29, 1.82) is 5.26 Å². The molecule has 1 aromatic carbocycles. The van der Waals surface area contributed by atoms with Gasteiger partial charge in [0.05, 0.1) is 23.3 Å². The van der Waals surface area contributed by atoms with Crippen LogP contribution in [0, 0.1) is 11.3 Å². The van der Waals surface area contributed by atoms with Gasteiger partial charge in [-0.05, 0) is 18.2 Å². The number of fused-ring (bicyclic) bond motifs is 1. The predicted octanol–water partition coefficient (Wildman–Crippen LogP) is 1.44. The van der Waals surface area contributed by atoms with Crippen LogP contribution in [0.15, 0.2) is 24.4 Å². The molecule has 2 aromatic rings. The summed E-state index contributed by atoms with van der Waals surface area (Å²) in [5.74, 6) is 0. The zero-order valence-electron chi connectivity index (χ0n) is 6.65. The molecule has 0 aliphatic heterocycles. The molecule has 0 aliphatic carbocycles. The lowest BCUT2D eigenvalue weighted by atomic mass is 10.2.